The number of carbonyl (C=O) groups is 3. The molecule has 1 aromatic rings. The number of rotatable bonds is 4. The van der Waals surface area contributed by atoms with Gasteiger partial charge < -0.3 is 19.4 Å². The highest BCUT2D eigenvalue weighted by Crippen LogP contribution is 2.33. The third kappa shape index (κ3) is 3.63. The Balaban J connectivity index is 1.31. The predicted molar refractivity (Wildman–Crippen MR) is 98.3 cm³/mol. The number of hydrogen-bond acceptors (Lipinski definition) is 4. The van der Waals surface area contributed by atoms with Crippen LogP contribution in [-0.4, -0.2) is 78.3 Å². The van der Waals surface area contributed by atoms with Gasteiger partial charge in [-0.2, -0.15) is 0 Å². The molecule has 7 nitrogen and oxygen atoms in total. The first-order valence-electron chi connectivity index (χ1n) is 9.58. The first-order chi connectivity index (χ1) is 13.1. The minimum atomic E-state index is -0.220. The lowest BCUT2D eigenvalue weighted by Crippen LogP contribution is -2.52. The Morgan fingerprint density at radius 3 is 2.22 bits per heavy atom. The van der Waals surface area contributed by atoms with Crippen LogP contribution in [0.15, 0.2) is 24.3 Å². The van der Waals surface area contributed by atoms with E-state index in [0.29, 0.717) is 56.5 Å². The van der Waals surface area contributed by atoms with E-state index in [1.807, 2.05) is 9.80 Å². The quantitative estimate of drug-likeness (QED) is 0.792. The second kappa shape index (κ2) is 7.21. The number of piperazine rings is 1. The van der Waals surface area contributed by atoms with Crippen molar-refractivity contribution in [1.29, 1.82) is 0 Å². The van der Waals surface area contributed by atoms with Crippen LogP contribution in [0, 0.1) is 5.92 Å². The number of amides is 3. The maximum atomic E-state index is 12.8. The molecule has 2 aliphatic heterocycles. The van der Waals surface area contributed by atoms with Gasteiger partial charge in [-0.1, -0.05) is 0 Å². The number of likely N-dealkylation sites (tertiary alicyclic amines) is 1. The predicted octanol–water partition coefficient (Wildman–Crippen LogP) is 0.991. The molecule has 144 valence electrons. The van der Waals surface area contributed by atoms with Crippen molar-refractivity contribution < 1.29 is 19.1 Å². The lowest BCUT2D eigenvalue weighted by Gasteiger charge is -2.36. The molecule has 0 radical (unpaired) electrons. The molecule has 0 bridgehead atoms. The molecule has 0 aromatic heterocycles. The first kappa shape index (κ1) is 17.8. The molecule has 1 aliphatic carbocycles. The number of carbonyl (C=O) groups excluding carboxylic acids is 3. The van der Waals surface area contributed by atoms with Crippen LogP contribution in [0.2, 0.25) is 0 Å². The molecule has 1 atom stereocenters. The lowest BCUT2D eigenvalue weighted by atomic mass is 10.1. The maximum absolute atomic E-state index is 12.8. The second-order valence-corrected chi connectivity index (χ2v) is 7.52. The highest BCUT2D eigenvalue weighted by atomic mass is 16.5. The van der Waals surface area contributed by atoms with Crippen LogP contribution in [0.3, 0.4) is 0 Å². The van der Waals surface area contributed by atoms with Gasteiger partial charge in [0.15, 0.2) is 0 Å². The van der Waals surface area contributed by atoms with Gasteiger partial charge >= 0.3 is 0 Å². The molecule has 1 aromatic carbocycles. The van der Waals surface area contributed by atoms with Crippen molar-refractivity contribution in [2.45, 2.75) is 25.3 Å². The Morgan fingerprint density at radius 1 is 1.00 bits per heavy atom. The van der Waals surface area contributed by atoms with E-state index in [4.69, 9.17) is 4.74 Å². The van der Waals surface area contributed by atoms with Crippen molar-refractivity contribution in [2.24, 2.45) is 5.92 Å². The molecule has 7 heteroatoms. The van der Waals surface area contributed by atoms with Crippen LogP contribution in [0.5, 0.6) is 5.75 Å². The monoisotopic (exact) mass is 371 g/mol. The Labute approximate surface area is 158 Å². The zero-order valence-electron chi connectivity index (χ0n) is 15.6. The topological polar surface area (TPSA) is 70.2 Å². The average molecular weight is 371 g/mol. The van der Waals surface area contributed by atoms with Crippen LogP contribution in [0.1, 0.15) is 29.6 Å². The van der Waals surface area contributed by atoms with E-state index in [-0.39, 0.29) is 23.6 Å². The molecular weight excluding hydrogens is 346 g/mol. The molecule has 3 fully saturated rings. The highest BCUT2D eigenvalue weighted by molar-refractivity contribution is 5.94. The Hall–Kier alpha value is -2.57. The molecule has 2 saturated heterocycles. The standard InChI is InChI=1S/C20H25N3O4/c1-27-17-6-2-14(3-7-17)19(25)21-8-10-22(11-9-21)20(26)15-12-18(24)23(13-15)16-4-5-16/h2-3,6-7,15-16H,4-5,8-13H2,1H3. The van der Waals surface area contributed by atoms with Gasteiger partial charge in [0, 0.05) is 50.7 Å². The summed E-state index contributed by atoms with van der Waals surface area (Å²) in [6.45, 7) is 2.64. The third-order valence-electron chi connectivity index (χ3n) is 5.71. The molecule has 0 spiro atoms. The zero-order chi connectivity index (χ0) is 19.0. The van der Waals surface area contributed by atoms with Gasteiger partial charge in [0.25, 0.3) is 5.91 Å². The van der Waals surface area contributed by atoms with Crippen LogP contribution in [0.25, 0.3) is 0 Å². The summed E-state index contributed by atoms with van der Waals surface area (Å²) in [7, 11) is 1.59. The van der Waals surface area contributed by atoms with E-state index in [1.165, 1.54) is 0 Å². The fourth-order valence-corrected chi connectivity index (χ4v) is 3.94. The highest BCUT2D eigenvalue weighted by Gasteiger charge is 2.43. The number of hydrogen-bond donors (Lipinski definition) is 0. The van der Waals surface area contributed by atoms with Gasteiger partial charge in [0.05, 0.1) is 13.0 Å². The van der Waals surface area contributed by atoms with Gasteiger partial charge in [0.2, 0.25) is 11.8 Å². The van der Waals surface area contributed by atoms with Crippen LogP contribution >= 0.6 is 0 Å². The third-order valence-corrected chi connectivity index (χ3v) is 5.71. The lowest BCUT2D eigenvalue weighted by molar-refractivity contribution is -0.137. The SMILES string of the molecule is COc1ccc(C(=O)N2CCN(C(=O)C3CC(=O)N(C4CC4)C3)CC2)cc1. The van der Waals surface area contributed by atoms with Crippen LogP contribution in [0.4, 0.5) is 0 Å². The van der Waals surface area contributed by atoms with Gasteiger partial charge in [-0.05, 0) is 37.1 Å². The summed E-state index contributed by atoms with van der Waals surface area (Å²) >= 11 is 0. The smallest absolute Gasteiger partial charge is 0.253 e. The molecule has 27 heavy (non-hydrogen) atoms. The summed E-state index contributed by atoms with van der Waals surface area (Å²) in [4.78, 5) is 43.0. The molecule has 0 N–H and O–H groups in total. The summed E-state index contributed by atoms with van der Waals surface area (Å²) in [5, 5.41) is 0. The first-order valence-corrected chi connectivity index (χ1v) is 9.58. The van der Waals surface area contributed by atoms with E-state index >= 15 is 0 Å². The van der Waals surface area contributed by atoms with Crippen LogP contribution in [-0.2, 0) is 9.59 Å². The fourth-order valence-electron chi connectivity index (χ4n) is 3.94. The van der Waals surface area contributed by atoms with E-state index < -0.39 is 0 Å². The number of benzene rings is 1. The Kier molecular flexibility index (Phi) is 4.76. The molecule has 4 rings (SSSR count). The van der Waals surface area contributed by atoms with E-state index in [2.05, 4.69) is 0 Å². The fraction of sp³-hybridized carbons (Fsp3) is 0.550. The average Bonchev–Trinajstić information content (AvgIpc) is 3.48. The molecule has 1 unspecified atom stereocenters. The number of ether oxygens (including phenoxy) is 1. The minimum Gasteiger partial charge on any atom is -0.497 e. The van der Waals surface area contributed by atoms with Gasteiger partial charge in [-0.3, -0.25) is 14.4 Å². The summed E-state index contributed by atoms with van der Waals surface area (Å²) in [5.41, 5.74) is 0.622. The maximum Gasteiger partial charge on any atom is 0.253 e. The largest absolute Gasteiger partial charge is 0.497 e. The molecule has 3 aliphatic rings. The Morgan fingerprint density at radius 2 is 1.63 bits per heavy atom. The molecule has 1 saturated carbocycles. The van der Waals surface area contributed by atoms with E-state index in [9.17, 15) is 14.4 Å². The normalized spacial score (nSPS) is 22.9. The van der Waals surface area contributed by atoms with Gasteiger partial charge in [0.1, 0.15) is 5.75 Å². The zero-order valence-corrected chi connectivity index (χ0v) is 15.6. The van der Waals surface area contributed by atoms with Crippen molar-refractivity contribution in [2.75, 3.05) is 39.8 Å². The number of nitrogens with zero attached hydrogens (tertiary/aromatic N) is 3. The molecule has 3 amide bonds. The summed E-state index contributed by atoms with van der Waals surface area (Å²) < 4.78 is 5.12. The van der Waals surface area contributed by atoms with Crippen molar-refractivity contribution in [3.8, 4) is 5.75 Å². The van der Waals surface area contributed by atoms with Crippen LogP contribution < -0.4 is 4.74 Å². The van der Waals surface area contributed by atoms with E-state index in [1.54, 1.807) is 36.3 Å². The van der Waals surface area contributed by atoms with Crippen molar-refractivity contribution in [1.82, 2.24) is 14.7 Å². The number of methoxy groups -OCH3 is 1. The van der Waals surface area contributed by atoms with Crippen molar-refractivity contribution >= 4 is 17.7 Å². The summed E-state index contributed by atoms with van der Waals surface area (Å²) in [6.07, 6.45) is 2.47. The van der Waals surface area contributed by atoms with Gasteiger partial charge in [-0.15, -0.1) is 0 Å². The van der Waals surface area contributed by atoms with Gasteiger partial charge in [-0.25, -0.2) is 0 Å². The summed E-state index contributed by atoms with van der Waals surface area (Å²) in [6, 6.07) is 7.44. The minimum absolute atomic E-state index is 0.0271. The Bertz CT molecular complexity index is 736. The summed E-state index contributed by atoms with van der Waals surface area (Å²) in [5.74, 6) is 0.642. The molecule has 2 heterocycles. The van der Waals surface area contributed by atoms with Crippen molar-refractivity contribution in [3.05, 3.63) is 29.8 Å². The molecular formula is C20H25N3O4. The van der Waals surface area contributed by atoms with Crippen molar-refractivity contribution in [3.63, 3.8) is 0 Å². The second-order valence-electron chi connectivity index (χ2n) is 7.52. The van der Waals surface area contributed by atoms with E-state index in [0.717, 1.165) is 12.8 Å².